The number of carbonyl (C=O) groups excluding carboxylic acids is 1. The second kappa shape index (κ2) is 7.41. The molecule has 4 nitrogen and oxygen atoms in total. The first-order valence-electron chi connectivity index (χ1n) is 9.21. The minimum Gasteiger partial charge on any atom is -0.369 e. The highest BCUT2D eigenvalue weighted by atomic mass is 79.9. The zero-order valence-corrected chi connectivity index (χ0v) is 16.7. The van der Waals surface area contributed by atoms with Gasteiger partial charge < -0.3 is 14.7 Å². The van der Waals surface area contributed by atoms with E-state index in [1.807, 2.05) is 17.0 Å². The number of nitrogens with zero attached hydrogens (tertiary/aromatic N) is 3. The highest BCUT2D eigenvalue weighted by Crippen LogP contribution is 2.27. The van der Waals surface area contributed by atoms with E-state index in [9.17, 15) is 4.79 Å². The SMILES string of the molecule is CN1CCN(c2ccccc2CCN2Cc3cc(Br)ccc3C2=O)CC1. The fraction of sp³-hybridized carbons (Fsp3) is 0.381. The average Bonchev–Trinajstić information content (AvgIpc) is 2.96. The van der Waals surface area contributed by atoms with E-state index in [0.717, 1.165) is 54.7 Å². The van der Waals surface area contributed by atoms with Gasteiger partial charge in [0.05, 0.1) is 0 Å². The Labute approximate surface area is 163 Å². The van der Waals surface area contributed by atoms with Crippen molar-refractivity contribution in [1.29, 1.82) is 0 Å². The molecule has 4 rings (SSSR count). The molecule has 0 aliphatic carbocycles. The van der Waals surface area contributed by atoms with Crippen LogP contribution in [-0.2, 0) is 13.0 Å². The molecule has 26 heavy (non-hydrogen) atoms. The number of rotatable bonds is 4. The molecule has 0 spiro atoms. The van der Waals surface area contributed by atoms with Gasteiger partial charge in [0.1, 0.15) is 0 Å². The standard InChI is InChI=1S/C21H24BrN3O/c1-23-10-12-24(13-11-23)20-5-3-2-4-16(20)8-9-25-15-17-14-18(22)6-7-19(17)21(25)26/h2-7,14H,8-13,15H2,1H3. The van der Waals surface area contributed by atoms with Crippen LogP contribution in [0.1, 0.15) is 21.5 Å². The maximum absolute atomic E-state index is 12.6. The number of carbonyl (C=O) groups is 1. The van der Waals surface area contributed by atoms with Gasteiger partial charge in [-0.05, 0) is 48.9 Å². The fourth-order valence-corrected chi connectivity index (χ4v) is 4.27. The van der Waals surface area contributed by atoms with Crippen LogP contribution in [0.15, 0.2) is 46.9 Å². The summed E-state index contributed by atoms with van der Waals surface area (Å²) in [4.78, 5) is 19.5. The quantitative estimate of drug-likeness (QED) is 0.768. The number of hydrogen-bond acceptors (Lipinski definition) is 3. The van der Waals surface area contributed by atoms with Crippen molar-refractivity contribution >= 4 is 27.5 Å². The van der Waals surface area contributed by atoms with E-state index >= 15 is 0 Å². The van der Waals surface area contributed by atoms with Gasteiger partial charge in [0.2, 0.25) is 0 Å². The van der Waals surface area contributed by atoms with Crippen molar-refractivity contribution in [3.05, 3.63) is 63.6 Å². The van der Waals surface area contributed by atoms with Gasteiger partial charge in [0.15, 0.2) is 0 Å². The van der Waals surface area contributed by atoms with Crippen LogP contribution < -0.4 is 4.90 Å². The first-order valence-corrected chi connectivity index (χ1v) is 10.0. The topological polar surface area (TPSA) is 26.8 Å². The summed E-state index contributed by atoms with van der Waals surface area (Å²) < 4.78 is 1.03. The predicted octanol–water partition coefficient (Wildman–Crippen LogP) is 3.40. The molecule has 0 saturated carbocycles. The lowest BCUT2D eigenvalue weighted by Gasteiger charge is -2.35. The summed E-state index contributed by atoms with van der Waals surface area (Å²) in [5.41, 5.74) is 4.63. The van der Waals surface area contributed by atoms with Crippen molar-refractivity contribution in [1.82, 2.24) is 9.80 Å². The van der Waals surface area contributed by atoms with Gasteiger partial charge >= 0.3 is 0 Å². The third-order valence-corrected chi connectivity index (χ3v) is 5.93. The summed E-state index contributed by atoms with van der Waals surface area (Å²) in [6.07, 6.45) is 0.892. The second-order valence-corrected chi connectivity index (χ2v) is 8.11. The van der Waals surface area contributed by atoms with Gasteiger partial charge in [0.25, 0.3) is 5.91 Å². The summed E-state index contributed by atoms with van der Waals surface area (Å²) in [6.45, 7) is 5.80. The molecule has 1 saturated heterocycles. The van der Waals surface area contributed by atoms with E-state index in [2.05, 4.69) is 63.1 Å². The zero-order valence-electron chi connectivity index (χ0n) is 15.1. The molecule has 136 valence electrons. The second-order valence-electron chi connectivity index (χ2n) is 7.20. The molecule has 5 heteroatoms. The number of halogens is 1. The Balaban J connectivity index is 1.45. The van der Waals surface area contributed by atoms with Crippen LogP contribution in [0.25, 0.3) is 0 Å². The minimum atomic E-state index is 0.157. The molecule has 2 aliphatic heterocycles. The highest BCUT2D eigenvalue weighted by Gasteiger charge is 2.27. The number of hydrogen-bond donors (Lipinski definition) is 0. The minimum absolute atomic E-state index is 0.157. The Morgan fingerprint density at radius 2 is 1.81 bits per heavy atom. The van der Waals surface area contributed by atoms with Gasteiger partial charge in [-0.3, -0.25) is 4.79 Å². The Bertz CT molecular complexity index is 815. The molecule has 0 N–H and O–H groups in total. The average molecular weight is 414 g/mol. The van der Waals surface area contributed by atoms with Crippen LogP contribution in [-0.4, -0.2) is 55.5 Å². The van der Waals surface area contributed by atoms with E-state index in [1.54, 1.807) is 0 Å². The van der Waals surface area contributed by atoms with E-state index in [-0.39, 0.29) is 5.91 Å². The predicted molar refractivity (Wildman–Crippen MR) is 109 cm³/mol. The van der Waals surface area contributed by atoms with E-state index in [4.69, 9.17) is 0 Å². The van der Waals surface area contributed by atoms with Crippen LogP contribution in [0, 0.1) is 0 Å². The highest BCUT2D eigenvalue weighted by molar-refractivity contribution is 9.10. The first kappa shape index (κ1) is 17.6. The molecule has 2 aromatic rings. The summed E-state index contributed by atoms with van der Waals surface area (Å²) >= 11 is 3.50. The first-order chi connectivity index (χ1) is 12.6. The van der Waals surface area contributed by atoms with Gasteiger partial charge in [-0.25, -0.2) is 0 Å². The van der Waals surface area contributed by atoms with Gasteiger partial charge in [-0.15, -0.1) is 0 Å². The molecular weight excluding hydrogens is 390 g/mol. The summed E-state index contributed by atoms with van der Waals surface area (Å²) in [7, 11) is 2.18. The number of likely N-dealkylation sites (N-methyl/N-ethyl adjacent to an activating group) is 1. The van der Waals surface area contributed by atoms with Crippen LogP contribution in [0.3, 0.4) is 0 Å². The molecule has 2 heterocycles. The number of anilines is 1. The van der Waals surface area contributed by atoms with Gasteiger partial charge in [0, 0.05) is 55.0 Å². The van der Waals surface area contributed by atoms with Crippen molar-refractivity contribution in [2.45, 2.75) is 13.0 Å². The number of para-hydroxylation sites is 1. The Kier molecular flexibility index (Phi) is 5.00. The van der Waals surface area contributed by atoms with E-state index < -0.39 is 0 Å². The maximum atomic E-state index is 12.6. The maximum Gasteiger partial charge on any atom is 0.254 e. The molecular formula is C21H24BrN3O. The Morgan fingerprint density at radius 3 is 2.62 bits per heavy atom. The zero-order chi connectivity index (χ0) is 18.1. The van der Waals surface area contributed by atoms with Crippen LogP contribution in [0.5, 0.6) is 0 Å². The smallest absolute Gasteiger partial charge is 0.254 e. The molecule has 0 bridgehead atoms. The third-order valence-electron chi connectivity index (χ3n) is 5.43. The van der Waals surface area contributed by atoms with Crippen molar-refractivity contribution in [3.8, 4) is 0 Å². The van der Waals surface area contributed by atoms with Crippen LogP contribution in [0.2, 0.25) is 0 Å². The van der Waals surface area contributed by atoms with Crippen molar-refractivity contribution in [2.24, 2.45) is 0 Å². The van der Waals surface area contributed by atoms with Gasteiger partial charge in [-0.2, -0.15) is 0 Å². The van der Waals surface area contributed by atoms with E-state index in [1.165, 1.54) is 11.3 Å². The lowest BCUT2D eigenvalue weighted by Crippen LogP contribution is -2.44. The molecule has 0 radical (unpaired) electrons. The number of amides is 1. The number of benzene rings is 2. The van der Waals surface area contributed by atoms with Crippen LogP contribution >= 0.6 is 15.9 Å². The molecule has 0 unspecified atom stereocenters. The lowest BCUT2D eigenvalue weighted by molar-refractivity contribution is 0.0780. The molecule has 1 fully saturated rings. The number of fused-ring (bicyclic) bond motifs is 1. The largest absolute Gasteiger partial charge is 0.369 e. The molecule has 0 aromatic heterocycles. The number of piperazine rings is 1. The lowest BCUT2D eigenvalue weighted by atomic mass is 10.1. The van der Waals surface area contributed by atoms with Crippen LogP contribution in [0.4, 0.5) is 5.69 Å². The fourth-order valence-electron chi connectivity index (χ4n) is 3.86. The summed E-state index contributed by atoms with van der Waals surface area (Å²) in [5, 5.41) is 0. The van der Waals surface area contributed by atoms with E-state index in [0.29, 0.717) is 6.54 Å². The summed E-state index contributed by atoms with van der Waals surface area (Å²) in [6, 6.07) is 14.6. The molecule has 2 aromatic carbocycles. The van der Waals surface area contributed by atoms with Gasteiger partial charge in [-0.1, -0.05) is 34.1 Å². The monoisotopic (exact) mass is 413 g/mol. The molecule has 1 amide bonds. The Morgan fingerprint density at radius 1 is 1.04 bits per heavy atom. The third kappa shape index (κ3) is 3.51. The van der Waals surface area contributed by atoms with Crippen molar-refractivity contribution in [2.75, 3.05) is 44.7 Å². The normalized spacial score (nSPS) is 17.7. The summed E-state index contributed by atoms with van der Waals surface area (Å²) in [5.74, 6) is 0.157. The molecule has 2 aliphatic rings. The Hall–Kier alpha value is -1.85. The molecule has 0 atom stereocenters. The van der Waals surface area contributed by atoms with Crippen molar-refractivity contribution < 1.29 is 4.79 Å². The van der Waals surface area contributed by atoms with Crippen molar-refractivity contribution in [3.63, 3.8) is 0 Å².